The fourth-order valence-electron chi connectivity index (χ4n) is 2.69. The van der Waals surface area contributed by atoms with Crippen LogP contribution in [-0.2, 0) is 19.4 Å². The fraction of sp³-hybridized carbons (Fsp3) is 0.0455. The third-order valence-corrected chi connectivity index (χ3v) is 5.81. The van der Waals surface area contributed by atoms with E-state index in [0.29, 0.717) is 5.56 Å². The highest BCUT2D eigenvalue weighted by Crippen LogP contribution is 2.33. The lowest BCUT2D eigenvalue weighted by Crippen LogP contribution is -2.15. The molecule has 2 radical (unpaired) electrons. The zero-order chi connectivity index (χ0) is 20.9. The van der Waals surface area contributed by atoms with E-state index in [4.69, 9.17) is 9.47 Å². The van der Waals surface area contributed by atoms with Gasteiger partial charge in [-0.2, -0.15) is 0 Å². The monoisotopic (exact) mass is 410 g/mol. The van der Waals surface area contributed by atoms with Gasteiger partial charge in [-0.25, -0.2) is 8.42 Å². The van der Waals surface area contributed by atoms with E-state index in [9.17, 15) is 18.3 Å². The molecule has 3 aromatic carbocycles. The molecule has 3 aromatic rings. The van der Waals surface area contributed by atoms with E-state index in [2.05, 4.69) is 0 Å². The van der Waals surface area contributed by atoms with Crippen molar-refractivity contribution in [2.45, 2.75) is 9.79 Å². The number of methoxy groups -OCH3 is 1. The standard InChI is InChI=1S/C22H18O6S/c1-27-15-20(22(23)24)19-12-5-6-13-21(19)28-16-8-7-11-18(14-16)29(25,26)17-9-3-2-4-10-17/h2-15H,1H3,(H,23,24). The van der Waals surface area contributed by atoms with Crippen LogP contribution in [0.15, 0.2) is 88.7 Å². The highest BCUT2D eigenvalue weighted by atomic mass is 32.2. The SMILES string of the molecule is CO[CH][C](C(=O)O)c1ccccc1Oc1cccc(S(=O)(=O)c2ccccc2)c1. The van der Waals surface area contributed by atoms with Crippen molar-refractivity contribution in [2.24, 2.45) is 0 Å². The summed E-state index contributed by atoms with van der Waals surface area (Å²) in [6, 6.07) is 20.7. The number of carboxylic acid groups (broad SMARTS) is 1. The zero-order valence-corrected chi connectivity index (χ0v) is 16.3. The first-order valence-corrected chi connectivity index (χ1v) is 10.1. The van der Waals surface area contributed by atoms with Crippen LogP contribution < -0.4 is 4.74 Å². The molecule has 3 rings (SSSR count). The molecule has 0 fully saturated rings. The zero-order valence-electron chi connectivity index (χ0n) is 15.5. The van der Waals surface area contributed by atoms with Gasteiger partial charge in [-0.05, 0) is 36.4 Å². The summed E-state index contributed by atoms with van der Waals surface area (Å²) in [5.74, 6) is -0.747. The summed E-state index contributed by atoms with van der Waals surface area (Å²) >= 11 is 0. The second-order valence-electron chi connectivity index (χ2n) is 5.96. The molecule has 6 nitrogen and oxygen atoms in total. The first-order chi connectivity index (χ1) is 13.9. The smallest absolute Gasteiger partial charge is 0.318 e. The Morgan fingerprint density at radius 2 is 1.55 bits per heavy atom. The first-order valence-electron chi connectivity index (χ1n) is 8.57. The van der Waals surface area contributed by atoms with E-state index in [0.717, 1.165) is 6.61 Å². The summed E-state index contributed by atoms with van der Waals surface area (Å²) in [6.45, 7) is 1.11. The van der Waals surface area contributed by atoms with E-state index in [1.54, 1.807) is 54.6 Å². The van der Waals surface area contributed by atoms with Crippen molar-refractivity contribution in [1.29, 1.82) is 0 Å². The maximum absolute atomic E-state index is 12.8. The highest BCUT2D eigenvalue weighted by molar-refractivity contribution is 7.91. The van der Waals surface area contributed by atoms with Crippen LogP contribution in [0.1, 0.15) is 5.56 Å². The number of rotatable bonds is 8. The third kappa shape index (κ3) is 4.64. The average Bonchev–Trinajstić information content (AvgIpc) is 2.73. The van der Waals surface area contributed by atoms with Crippen LogP contribution in [0.3, 0.4) is 0 Å². The van der Waals surface area contributed by atoms with Gasteiger partial charge in [0.05, 0.1) is 9.79 Å². The number of hydrogen-bond acceptors (Lipinski definition) is 5. The van der Waals surface area contributed by atoms with E-state index in [-0.39, 0.29) is 27.2 Å². The van der Waals surface area contributed by atoms with Crippen LogP contribution in [0.4, 0.5) is 0 Å². The van der Waals surface area contributed by atoms with Gasteiger partial charge in [-0.1, -0.05) is 42.5 Å². The summed E-state index contributed by atoms with van der Waals surface area (Å²) in [6.07, 6.45) is 0. The predicted octanol–water partition coefficient (Wildman–Crippen LogP) is 4.13. The van der Waals surface area contributed by atoms with Crippen LogP contribution in [0.25, 0.3) is 0 Å². The van der Waals surface area contributed by atoms with Crippen LogP contribution in [0.5, 0.6) is 11.5 Å². The molecule has 0 aliphatic rings. The number of carbonyl (C=O) groups is 1. The Labute approximate surface area is 169 Å². The molecule has 148 valence electrons. The molecule has 29 heavy (non-hydrogen) atoms. The number of carboxylic acids is 1. The van der Waals surface area contributed by atoms with Gasteiger partial charge in [0, 0.05) is 12.7 Å². The Balaban J connectivity index is 1.95. The maximum Gasteiger partial charge on any atom is 0.318 e. The second kappa shape index (κ2) is 8.89. The Morgan fingerprint density at radius 3 is 2.24 bits per heavy atom. The molecule has 0 bridgehead atoms. The van der Waals surface area contributed by atoms with Gasteiger partial charge in [-0.15, -0.1) is 0 Å². The molecule has 7 heteroatoms. The van der Waals surface area contributed by atoms with Crippen molar-refractivity contribution in [2.75, 3.05) is 7.11 Å². The van der Waals surface area contributed by atoms with Crippen molar-refractivity contribution in [3.05, 3.63) is 97.0 Å². The van der Waals surface area contributed by atoms with Gasteiger partial charge in [0.2, 0.25) is 9.84 Å². The lowest BCUT2D eigenvalue weighted by molar-refractivity contribution is -0.134. The molecule has 0 saturated heterocycles. The Kier molecular flexibility index (Phi) is 6.31. The molecule has 0 unspecified atom stereocenters. The van der Waals surface area contributed by atoms with Gasteiger partial charge in [0.1, 0.15) is 24.0 Å². The Morgan fingerprint density at radius 1 is 0.897 bits per heavy atom. The van der Waals surface area contributed by atoms with Gasteiger partial charge in [0.25, 0.3) is 0 Å². The van der Waals surface area contributed by atoms with Gasteiger partial charge < -0.3 is 14.6 Å². The van der Waals surface area contributed by atoms with Crippen LogP contribution in [-0.4, -0.2) is 26.6 Å². The summed E-state index contributed by atoms with van der Waals surface area (Å²) < 4.78 is 36.4. The van der Waals surface area contributed by atoms with Crippen molar-refractivity contribution in [3.63, 3.8) is 0 Å². The number of hydrogen-bond donors (Lipinski definition) is 1. The predicted molar refractivity (Wildman–Crippen MR) is 106 cm³/mol. The molecule has 0 aromatic heterocycles. The summed E-state index contributed by atoms with van der Waals surface area (Å²) in [5.41, 5.74) is 0.304. The molecule has 0 aliphatic heterocycles. The summed E-state index contributed by atoms with van der Waals surface area (Å²) in [7, 11) is -2.36. The van der Waals surface area contributed by atoms with Crippen LogP contribution in [0.2, 0.25) is 0 Å². The minimum atomic E-state index is -3.71. The van der Waals surface area contributed by atoms with E-state index >= 15 is 0 Å². The summed E-state index contributed by atoms with van der Waals surface area (Å²) in [5, 5.41) is 9.44. The summed E-state index contributed by atoms with van der Waals surface area (Å²) in [4.78, 5) is 11.8. The van der Waals surface area contributed by atoms with Crippen LogP contribution >= 0.6 is 0 Å². The molecule has 0 atom stereocenters. The largest absolute Gasteiger partial charge is 0.480 e. The first kappa shape index (κ1) is 20.6. The third-order valence-electron chi connectivity index (χ3n) is 4.04. The quantitative estimate of drug-likeness (QED) is 0.601. The molecule has 0 saturated carbocycles. The van der Waals surface area contributed by atoms with Gasteiger partial charge in [0.15, 0.2) is 0 Å². The van der Waals surface area contributed by atoms with E-state index < -0.39 is 15.8 Å². The molecule has 0 aliphatic carbocycles. The number of ether oxygens (including phenoxy) is 2. The maximum atomic E-state index is 12.8. The van der Waals surface area contributed by atoms with Crippen molar-refractivity contribution < 1.29 is 27.8 Å². The van der Waals surface area contributed by atoms with E-state index in [1.165, 1.54) is 31.4 Å². The molecule has 1 N–H and O–H groups in total. The number of para-hydroxylation sites is 1. The average molecular weight is 410 g/mol. The minimum Gasteiger partial charge on any atom is -0.480 e. The Hall–Kier alpha value is -3.16. The van der Waals surface area contributed by atoms with Crippen molar-refractivity contribution >= 4 is 15.8 Å². The number of sulfone groups is 1. The van der Waals surface area contributed by atoms with Gasteiger partial charge in [-0.3, -0.25) is 4.79 Å². The molecule has 0 heterocycles. The fourth-order valence-corrected chi connectivity index (χ4v) is 4.01. The minimum absolute atomic E-state index is 0.0737. The van der Waals surface area contributed by atoms with Crippen LogP contribution in [0, 0.1) is 12.5 Å². The normalized spacial score (nSPS) is 11.4. The molecule has 0 spiro atoms. The molecular weight excluding hydrogens is 392 g/mol. The number of aliphatic carboxylic acids is 1. The molecular formula is C22H18O6S. The molecule has 0 amide bonds. The van der Waals surface area contributed by atoms with Crippen molar-refractivity contribution in [1.82, 2.24) is 0 Å². The Bertz CT molecular complexity index is 1090. The topological polar surface area (TPSA) is 89.9 Å². The van der Waals surface area contributed by atoms with Gasteiger partial charge >= 0.3 is 5.97 Å². The lowest BCUT2D eigenvalue weighted by atomic mass is 9.99. The van der Waals surface area contributed by atoms with Crippen molar-refractivity contribution in [3.8, 4) is 11.5 Å². The lowest BCUT2D eigenvalue weighted by Gasteiger charge is -2.16. The van der Waals surface area contributed by atoms with E-state index in [1.807, 2.05) is 0 Å². The highest BCUT2D eigenvalue weighted by Gasteiger charge is 2.25. The number of benzene rings is 3. The second-order valence-corrected chi connectivity index (χ2v) is 7.91.